The first-order valence-electron chi connectivity index (χ1n) is 11.1. The molecule has 0 unspecified atom stereocenters. The number of fused-ring (bicyclic) bond motifs is 3. The summed E-state index contributed by atoms with van der Waals surface area (Å²) in [5.41, 5.74) is 1.38. The molecule has 7 nitrogen and oxygen atoms in total. The molecule has 0 atom stereocenters. The Morgan fingerprint density at radius 3 is 2.31 bits per heavy atom. The fourth-order valence-corrected chi connectivity index (χ4v) is 6.18. The smallest absolute Gasteiger partial charge is 0.396 e. The van der Waals surface area contributed by atoms with Crippen LogP contribution in [0.5, 0.6) is 0 Å². The van der Waals surface area contributed by atoms with Gasteiger partial charge in [-0.05, 0) is 41.3 Å². The van der Waals surface area contributed by atoms with Crippen molar-refractivity contribution < 1.29 is 17.6 Å². The molecule has 2 heterocycles. The third kappa shape index (κ3) is 4.10. The van der Waals surface area contributed by atoms with Gasteiger partial charge >= 0.3 is 4.94 Å². The molecule has 9 heteroatoms. The van der Waals surface area contributed by atoms with Crippen LogP contribution in [0.1, 0.15) is 36.7 Å². The molecule has 0 aliphatic rings. The highest BCUT2D eigenvalue weighted by Crippen LogP contribution is 2.38. The molecule has 0 saturated carbocycles. The average molecular weight is 519 g/mol. The number of anilines is 1. The van der Waals surface area contributed by atoms with Crippen LogP contribution >= 0.6 is 11.3 Å². The predicted molar refractivity (Wildman–Crippen MR) is 141 cm³/mol. The van der Waals surface area contributed by atoms with E-state index in [0.29, 0.717) is 21.1 Å². The Labute approximate surface area is 211 Å². The standard InChI is InChI=1S/C27H22N2O5S2/c1-27(2,3)18-10-12-19(13-11-18)36(32,33)29(25(30)17-7-6-14-28-16-17)22-15-23-24(34-26(31)35-23)21-9-5-4-8-20(21)22/h4-16H,1-3H3. The minimum atomic E-state index is -4.37. The number of aromatic nitrogens is 1. The molecule has 182 valence electrons. The summed E-state index contributed by atoms with van der Waals surface area (Å²) in [6.45, 7) is 6.10. The van der Waals surface area contributed by atoms with Crippen LogP contribution < -0.4 is 9.24 Å². The second-order valence-electron chi connectivity index (χ2n) is 9.31. The van der Waals surface area contributed by atoms with Crippen LogP contribution in [0.4, 0.5) is 5.69 Å². The van der Waals surface area contributed by atoms with E-state index in [4.69, 9.17) is 4.42 Å². The van der Waals surface area contributed by atoms with E-state index in [1.54, 1.807) is 42.5 Å². The summed E-state index contributed by atoms with van der Waals surface area (Å²) in [5, 5.41) is 0.990. The topological polar surface area (TPSA) is 97.5 Å². The van der Waals surface area contributed by atoms with Gasteiger partial charge in [-0.15, -0.1) is 0 Å². The van der Waals surface area contributed by atoms with Crippen molar-refractivity contribution in [1.82, 2.24) is 4.98 Å². The molecule has 0 aliphatic carbocycles. The van der Waals surface area contributed by atoms with Crippen molar-refractivity contribution in [1.29, 1.82) is 0 Å². The fraction of sp³-hybridized carbons (Fsp3) is 0.148. The first kappa shape index (κ1) is 23.9. The normalized spacial score (nSPS) is 12.2. The highest BCUT2D eigenvalue weighted by molar-refractivity contribution is 7.93. The van der Waals surface area contributed by atoms with E-state index < -0.39 is 20.9 Å². The van der Waals surface area contributed by atoms with Crippen LogP contribution in [0.2, 0.25) is 0 Å². The molecule has 0 N–H and O–H groups in total. The van der Waals surface area contributed by atoms with E-state index in [0.717, 1.165) is 21.2 Å². The summed E-state index contributed by atoms with van der Waals surface area (Å²) in [6.07, 6.45) is 2.83. The van der Waals surface area contributed by atoms with Gasteiger partial charge in [0.05, 0.1) is 20.8 Å². The number of sulfonamides is 1. The lowest BCUT2D eigenvalue weighted by Crippen LogP contribution is -2.37. The Kier molecular flexibility index (Phi) is 5.77. The molecule has 5 aromatic rings. The third-order valence-electron chi connectivity index (χ3n) is 5.89. The van der Waals surface area contributed by atoms with Crippen molar-refractivity contribution in [2.45, 2.75) is 31.1 Å². The van der Waals surface area contributed by atoms with Crippen LogP contribution in [-0.4, -0.2) is 19.3 Å². The third-order valence-corrected chi connectivity index (χ3v) is 8.37. The lowest BCUT2D eigenvalue weighted by Gasteiger charge is -2.25. The van der Waals surface area contributed by atoms with Crippen molar-refractivity contribution in [2.24, 2.45) is 0 Å². The van der Waals surface area contributed by atoms with Gasteiger partial charge in [0, 0.05) is 23.2 Å². The van der Waals surface area contributed by atoms with Crippen LogP contribution in [-0.2, 0) is 15.4 Å². The molecule has 0 saturated heterocycles. The minimum absolute atomic E-state index is 0.0303. The molecule has 0 bridgehead atoms. The largest absolute Gasteiger partial charge is 0.413 e. The second kappa shape index (κ2) is 8.69. The molecule has 3 aromatic carbocycles. The Morgan fingerprint density at radius 2 is 1.67 bits per heavy atom. The maximum absolute atomic E-state index is 14.1. The second-order valence-corrected chi connectivity index (χ2v) is 12.1. The zero-order chi connectivity index (χ0) is 25.7. The Balaban J connectivity index is 1.79. The number of pyridine rings is 1. The molecule has 2 aromatic heterocycles. The van der Waals surface area contributed by atoms with Crippen molar-refractivity contribution in [3.63, 3.8) is 0 Å². The number of hydrogen-bond acceptors (Lipinski definition) is 7. The van der Waals surface area contributed by atoms with E-state index in [1.807, 2.05) is 20.8 Å². The van der Waals surface area contributed by atoms with E-state index >= 15 is 0 Å². The Morgan fingerprint density at radius 1 is 0.972 bits per heavy atom. The molecule has 5 rings (SSSR count). The SMILES string of the molecule is CC(C)(C)c1ccc(S(=O)(=O)N(C(=O)c2cccnc2)c2cc3sc(=O)oc3c3ccccc23)cc1. The average Bonchev–Trinajstić information content (AvgIpc) is 3.24. The molecule has 0 fully saturated rings. The first-order valence-corrected chi connectivity index (χ1v) is 13.4. The van der Waals surface area contributed by atoms with E-state index in [-0.39, 0.29) is 21.6 Å². The number of rotatable bonds is 4. The fourth-order valence-electron chi connectivity index (χ4n) is 4.03. The van der Waals surface area contributed by atoms with Gasteiger partial charge in [-0.1, -0.05) is 68.5 Å². The van der Waals surface area contributed by atoms with Gasteiger partial charge in [0.2, 0.25) is 0 Å². The van der Waals surface area contributed by atoms with Gasteiger partial charge in [0.15, 0.2) is 5.58 Å². The van der Waals surface area contributed by atoms with E-state index in [9.17, 15) is 18.0 Å². The van der Waals surface area contributed by atoms with Crippen molar-refractivity contribution in [2.75, 3.05) is 4.31 Å². The molecular formula is C27H22N2O5S2. The van der Waals surface area contributed by atoms with E-state index in [2.05, 4.69) is 4.98 Å². The van der Waals surface area contributed by atoms with Gasteiger partial charge in [-0.2, -0.15) is 4.31 Å². The summed E-state index contributed by atoms with van der Waals surface area (Å²) in [4.78, 5) is 29.3. The number of hydrogen-bond donors (Lipinski definition) is 0. The van der Waals surface area contributed by atoms with Gasteiger partial charge in [0.25, 0.3) is 15.9 Å². The number of carbonyl (C=O) groups excluding carboxylic acids is 1. The zero-order valence-electron chi connectivity index (χ0n) is 19.8. The lowest BCUT2D eigenvalue weighted by molar-refractivity contribution is 0.100. The quantitative estimate of drug-likeness (QED) is 0.301. The summed E-state index contributed by atoms with van der Waals surface area (Å²) in [7, 11) is -4.37. The lowest BCUT2D eigenvalue weighted by atomic mass is 9.87. The maximum atomic E-state index is 14.1. The van der Waals surface area contributed by atoms with Crippen LogP contribution in [0.3, 0.4) is 0 Å². The molecule has 0 aliphatic heterocycles. The van der Waals surface area contributed by atoms with Crippen molar-refractivity contribution >= 4 is 54.0 Å². The number of benzene rings is 3. The number of nitrogens with zero attached hydrogens (tertiary/aromatic N) is 2. The monoisotopic (exact) mass is 518 g/mol. The van der Waals surface area contributed by atoms with Gasteiger partial charge in [-0.25, -0.2) is 13.2 Å². The van der Waals surface area contributed by atoms with Crippen LogP contribution in [0.25, 0.3) is 21.1 Å². The summed E-state index contributed by atoms with van der Waals surface area (Å²) in [5.74, 6) is -0.761. The summed E-state index contributed by atoms with van der Waals surface area (Å²) >= 11 is 0.850. The van der Waals surface area contributed by atoms with Crippen molar-refractivity contribution in [3.05, 3.63) is 100.0 Å². The maximum Gasteiger partial charge on any atom is 0.396 e. The summed E-state index contributed by atoms with van der Waals surface area (Å²) < 4.78 is 34.8. The van der Waals surface area contributed by atoms with Gasteiger partial charge in [-0.3, -0.25) is 9.78 Å². The number of carbonyl (C=O) groups is 1. The minimum Gasteiger partial charge on any atom is -0.413 e. The predicted octanol–water partition coefficient (Wildman–Crippen LogP) is 5.74. The number of amides is 1. The van der Waals surface area contributed by atoms with Gasteiger partial charge in [0.1, 0.15) is 0 Å². The molecule has 1 amide bonds. The Hall–Kier alpha value is -3.82. The Bertz CT molecular complexity index is 1770. The molecule has 0 spiro atoms. The highest BCUT2D eigenvalue weighted by atomic mass is 32.2. The van der Waals surface area contributed by atoms with Gasteiger partial charge < -0.3 is 4.42 Å². The molecule has 0 radical (unpaired) electrons. The first-order chi connectivity index (χ1) is 17.1. The summed E-state index contributed by atoms with van der Waals surface area (Å²) in [6, 6.07) is 18.0. The van der Waals surface area contributed by atoms with Crippen LogP contribution in [0.15, 0.2) is 93.2 Å². The highest BCUT2D eigenvalue weighted by Gasteiger charge is 2.34. The zero-order valence-corrected chi connectivity index (χ0v) is 21.4. The van der Waals surface area contributed by atoms with Crippen LogP contribution in [0, 0.1) is 0 Å². The van der Waals surface area contributed by atoms with E-state index in [1.165, 1.54) is 36.7 Å². The molecule has 36 heavy (non-hydrogen) atoms. The molecular weight excluding hydrogens is 496 g/mol. The van der Waals surface area contributed by atoms with Crippen molar-refractivity contribution in [3.8, 4) is 0 Å².